The van der Waals surface area contributed by atoms with Crippen molar-refractivity contribution >= 4 is 11.9 Å². The van der Waals surface area contributed by atoms with Gasteiger partial charge in [0.25, 0.3) is 5.91 Å². The molecule has 1 saturated heterocycles. The lowest BCUT2D eigenvalue weighted by Gasteiger charge is -2.16. The molecule has 84 valence electrons. The second-order valence-corrected chi connectivity index (χ2v) is 3.31. The largest absolute Gasteiger partial charge is 0.385 e. The number of carbonyl (C=O) groups excluding carboxylic acids is 2. The minimum absolute atomic E-state index is 0.226. The highest BCUT2D eigenvalue weighted by molar-refractivity contribution is 6.01. The summed E-state index contributed by atoms with van der Waals surface area (Å²) in [5.41, 5.74) is 0. The number of ether oxygens (including phenoxy) is 1. The maximum atomic E-state index is 11.6. The van der Waals surface area contributed by atoms with Crippen molar-refractivity contribution in [3.63, 3.8) is 0 Å². The van der Waals surface area contributed by atoms with Gasteiger partial charge in [0.2, 0.25) is 0 Å². The van der Waals surface area contributed by atoms with Gasteiger partial charge in [0, 0.05) is 33.4 Å². The van der Waals surface area contributed by atoms with E-state index in [1.807, 2.05) is 0 Å². The van der Waals surface area contributed by atoms with Crippen LogP contribution in [0.5, 0.6) is 0 Å². The number of hydrogen-bond donors (Lipinski definition) is 0. The lowest BCUT2D eigenvalue weighted by Crippen LogP contribution is -2.35. The van der Waals surface area contributed by atoms with Gasteiger partial charge in [-0.15, -0.1) is 0 Å². The minimum Gasteiger partial charge on any atom is -0.385 e. The molecular formula is C10H16N2O3. The van der Waals surface area contributed by atoms with E-state index >= 15 is 0 Å². The van der Waals surface area contributed by atoms with Crippen molar-refractivity contribution in [2.45, 2.75) is 6.42 Å². The molecule has 1 heterocycles. The van der Waals surface area contributed by atoms with E-state index in [4.69, 9.17) is 4.74 Å². The molecule has 0 bridgehead atoms. The van der Waals surface area contributed by atoms with Crippen molar-refractivity contribution < 1.29 is 14.3 Å². The van der Waals surface area contributed by atoms with Gasteiger partial charge in [-0.05, 0) is 12.5 Å². The van der Waals surface area contributed by atoms with Gasteiger partial charge in [0.15, 0.2) is 0 Å². The zero-order chi connectivity index (χ0) is 11.3. The fraction of sp³-hybridized carbons (Fsp3) is 0.600. The topological polar surface area (TPSA) is 49.9 Å². The summed E-state index contributed by atoms with van der Waals surface area (Å²) < 4.78 is 4.90. The molecule has 1 aliphatic rings. The number of carbonyl (C=O) groups is 2. The van der Waals surface area contributed by atoms with Gasteiger partial charge >= 0.3 is 6.03 Å². The molecule has 0 aromatic heterocycles. The van der Waals surface area contributed by atoms with E-state index in [2.05, 4.69) is 6.58 Å². The third kappa shape index (κ3) is 2.79. The smallest absolute Gasteiger partial charge is 0.327 e. The molecule has 0 aromatic carbocycles. The summed E-state index contributed by atoms with van der Waals surface area (Å²) in [6.45, 7) is 5.67. The van der Waals surface area contributed by atoms with Crippen LogP contribution in [0.2, 0.25) is 0 Å². The first-order valence-electron chi connectivity index (χ1n) is 4.92. The Morgan fingerprint density at radius 1 is 1.60 bits per heavy atom. The van der Waals surface area contributed by atoms with Crippen LogP contribution in [-0.2, 0) is 9.53 Å². The second kappa shape index (κ2) is 5.50. The third-order valence-electron chi connectivity index (χ3n) is 2.31. The van der Waals surface area contributed by atoms with Crippen molar-refractivity contribution in [1.29, 1.82) is 0 Å². The Bertz CT molecular complexity index is 265. The molecule has 1 rings (SSSR count). The van der Waals surface area contributed by atoms with Crippen molar-refractivity contribution in [3.05, 3.63) is 12.7 Å². The molecular weight excluding hydrogens is 196 g/mol. The van der Waals surface area contributed by atoms with Crippen LogP contribution in [0.4, 0.5) is 4.79 Å². The van der Waals surface area contributed by atoms with E-state index in [0.717, 1.165) is 12.5 Å². The summed E-state index contributed by atoms with van der Waals surface area (Å²) in [6.07, 6.45) is 1.95. The van der Waals surface area contributed by atoms with E-state index in [-0.39, 0.29) is 11.9 Å². The fourth-order valence-electron chi connectivity index (χ4n) is 1.50. The Morgan fingerprint density at radius 3 is 2.93 bits per heavy atom. The maximum absolute atomic E-state index is 11.6. The van der Waals surface area contributed by atoms with Gasteiger partial charge in [-0.1, -0.05) is 6.58 Å². The molecule has 0 radical (unpaired) electrons. The SMILES string of the molecule is C=CC(=O)N1CCN(CCCOC)C1=O. The molecule has 0 spiro atoms. The maximum Gasteiger partial charge on any atom is 0.327 e. The molecule has 5 heteroatoms. The Labute approximate surface area is 89.3 Å². The highest BCUT2D eigenvalue weighted by Crippen LogP contribution is 2.09. The number of methoxy groups -OCH3 is 1. The van der Waals surface area contributed by atoms with Crippen molar-refractivity contribution in [3.8, 4) is 0 Å². The molecule has 0 aromatic rings. The quantitative estimate of drug-likeness (QED) is 0.492. The minimum atomic E-state index is -0.325. The van der Waals surface area contributed by atoms with Crippen LogP contribution in [0.3, 0.4) is 0 Å². The van der Waals surface area contributed by atoms with E-state index < -0.39 is 0 Å². The van der Waals surface area contributed by atoms with E-state index in [0.29, 0.717) is 26.2 Å². The normalized spacial score (nSPS) is 15.9. The van der Waals surface area contributed by atoms with E-state index in [1.165, 1.54) is 4.90 Å². The van der Waals surface area contributed by atoms with Crippen LogP contribution in [0.1, 0.15) is 6.42 Å². The van der Waals surface area contributed by atoms with E-state index in [9.17, 15) is 9.59 Å². The molecule has 0 N–H and O–H groups in total. The number of urea groups is 1. The average Bonchev–Trinajstić information content (AvgIpc) is 2.60. The third-order valence-corrected chi connectivity index (χ3v) is 2.31. The molecule has 0 atom stereocenters. The predicted octanol–water partition coefficient (Wildman–Crippen LogP) is 0.473. The van der Waals surface area contributed by atoms with Crippen LogP contribution in [-0.4, -0.2) is 55.1 Å². The average molecular weight is 212 g/mol. The number of amides is 3. The fourth-order valence-corrected chi connectivity index (χ4v) is 1.50. The van der Waals surface area contributed by atoms with Gasteiger partial charge in [-0.2, -0.15) is 0 Å². The van der Waals surface area contributed by atoms with Crippen LogP contribution in [0, 0.1) is 0 Å². The van der Waals surface area contributed by atoms with Gasteiger partial charge in [-0.3, -0.25) is 9.69 Å². The molecule has 5 nitrogen and oxygen atoms in total. The molecule has 0 unspecified atom stereocenters. The molecule has 0 aliphatic carbocycles. The van der Waals surface area contributed by atoms with Crippen LogP contribution >= 0.6 is 0 Å². The summed E-state index contributed by atoms with van der Waals surface area (Å²) in [5, 5.41) is 0. The monoisotopic (exact) mass is 212 g/mol. The van der Waals surface area contributed by atoms with Gasteiger partial charge in [0.05, 0.1) is 0 Å². The second-order valence-electron chi connectivity index (χ2n) is 3.31. The Hall–Kier alpha value is -1.36. The lowest BCUT2D eigenvalue weighted by atomic mass is 10.4. The number of imide groups is 1. The van der Waals surface area contributed by atoms with Gasteiger partial charge in [-0.25, -0.2) is 4.79 Å². The first kappa shape index (κ1) is 11.7. The summed E-state index contributed by atoms with van der Waals surface area (Å²) in [5.74, 6) is -0.325. The van der Waals surface area contributed by atoms with Crippen LogP contribution in [0.15, 0.2) is 12.7 Å². The molecule has 3 amide bonds. The predicted molar refractivity (Wildman–Crippen MR) is 55.4 cm³/mol. The zero-order valence-electron chi connectivity index (χ0n) is 8.94. The number of hydrogen-bond acceptors (Lipinski definition) is 3. The van der Waals surface area contributed by atoms with Crippen molar-refractivity contribution in [2.24, 2.45) is 0 Å². The Morgan fingerprint density at radius 2 is 2.33 bits per heavy atom. The summed E-state index contributed by atoms with van der Waals surface area (Å²) >= 11 is 0. The van der Waals surface area contributed by atoms with E-state index in [1.54, 1.807) is 12.0 Å². The first-order valence-corrected chi connectivity index (χ1v) is 4.92. The molecule has 0 saturated carbocycles. The van der Waals surface area contributed by atoms with Gasteiger partial charge < -0.3 is 9.64 Å². The zero-order valence-corrected chi connectivity index (χ0v) is 8.94. The summed E-state index contributed by atoms with van der Waals surface area (Å²) in [7, 11) is 1.62. The van der Waals surface area contributed by atoms with Crippen LogP contribution < -0.4 is 0 Å². The standard InChI is InChI=1S/C10H16N2O3/c1-3-9(13)12-7-6-11(10(12)14)5-4-8-15-2/h3H,1,4-8H2,2H3. The summed E-state index contributed by atoms with van der Waals surface area (Å²) in [4.78, 5) is 25.7. The molecule has 1 aliphatic heterocycles. The molecule has 1 fully saturated rings. The van der Waals surface area contributed by atoms with Crippen LogP contribution in [0.25, 0.3) is 0 Å². The van der Waals surface area contributed by atoms with Crippen molar-refractivity contribution in [2.75, 3.05) is 33.4 Å². The number of nitrogens with zero attached hydrogens (tertiary/aromatic N) is 2. The Kier molecular flexibility index (Phi) is 4.30. The number of rotatable bonds is 5. The van der Waals surface area contributed by atoms with Crippen molar-refractivity contribution in [1.82, 2.24) is 9.80 Å². The molecule has 15 heavy (non-hydrogen) atoms. The first-order chi connectivity index (χ1) is 7.20. The Balaban J connectivity index is 2.42. The highest BCUT2D eigenvalue weighted by Gasteiger charge is 2.30. The lowest BCUT2D eigenvalue weighted by molar-refractivity contribution is -0.122. The highest BCUT2D eigenvalue weighted by atomic mass is 16.5. The van der Waals surface area contributed by atoms with Gasteiger partial charge in [0.1, 0.15) is 0 Å². The summed E-state index contributed by atoms with van der Waals surface area (Å²) in [6, 6.07) is -0.226.